The van der Waals surface area contributed by atoms with E-state index in [1.54, 1.807) is 0 Å². The van der Waals surface area contributed by atoms with Crippen molar-refractivity contribution < 1.29 is 80.2 Å². The maximum Gasteiger partial charge on any atom is 0.472 e. The third-order valence-electron chi connectivity index (χ3n) is 15.8. The Morgan fingerprint density at radius 1 is 0.310 bits per heavy atom. The highest BCUT2D eigenvalue weighted by Crippen LogP contribution is 2.45. The van der Waals surface area contributed by atoms with E-state index in [4.69, 9.17) is 37.0 Å². The van der Waals surface area contributed by atoms with Crippen molar-refractivity contribution in [2.45, 2.75) is 368 Å². The first-order valence-electron chi connectivity index (χ1n) is 35.6. The number of hydrogen-bond acceptors (Lipinski definition) is 15. The minimum atomic E-state index is -4.95. The summed E-state index contributed by atoms with van der Waals surface area (Å²) in [5.74, 6) is -1.43. The zero-order valence-corrected chi connectivity index (χ0v) is 57.9. The molecule has 0 aromatic carbocycles. The normalized spacial score (nSPS) is 14.1. The van der Waals surface area contributed by atoms with Crippen LogP contribution in [-0.4, -0.2) is 96.7 Å². The lowest BCUT2D eigenvalue weighted by Crippen LogP contribution is -2.30. The highest BCUT2D eigenvalue weighted by atomic mass is 31.2. The second-order valence-corrected chi connectivity index (χ2v) is 27.9. The standard InChI is InChI=1S/C68H132O17P2/c1-6-9-12-15-18-21-24-26-27-28-30-33-38-43-48-53-67(72)84-63(57-79-66(71)52-47-42-37-32-29-25-22-19-16-13-10-7-2)59-82-86(74,75)80-55-62(69)56-81-87(76,77)83-60-64(85-68(73)54-49-44-39-34-35-40-45-50-61(4)5)58-78-65(70)51-46-41-36-31-23-20-17-14-11-8-3/h61-64,69H,6-60H2,1-5H3,(H,74,75)(H,76,77)/t62-,63-,64-/m1/s1. The van der Waals surface area contributed by atoms with Crippen LogP contribution in [0.1, 0.15) is 349 Å². The van der Waals surface area contributed by atoms with E-state index in [9.17, 15) is 43.2 Å². The largest absolute Gasteiger partial charge is 0.472 e. The number of aliphatic hydroxyl groups is 1. The first kappa shape index (κ1) is 85.1. The summed E-state index contributed by atoms with van der Waals surface area (Å²) in [6.07, 6.45) is 47.2. The topological polar surface area (TPSA) is 237 Å². The van der Waals surface area contributed by atoms with Gasteiger partial charge in [-0.05, 0) is 31.6 Å². The summed E-state index contributed by atoms with van der Waals surface area (Å²) in [4.78, 5) is 72.4. The molecule has 0 fully saturated rings. The average Bonchev–Trinajstić information content (AvgIpc) is 3.66. The molecule has 0 spiro atoms. The number of carbonyl (C=O) groups is 4. The molecule has 0 bridgehead atoms. The lowest BCUT2D eigenvalue weighted by Gasteiger charge is -2.21. The smallest absolute Gasteiger partial charge is 0.462 e. The minimum Gasteiger partial charge on any atom is -0.462 e. The molecule has 0 aliphatic heterocycles. The van der Waals surface area contributed by atoms with Crippen LogP contribution in [0, 0.1) is 5.92 Å². The highest BCUT2D eigenvalue weighted by Gasteiger charge is 2.30. The van der Waals surface area contributed by atoms with Gasteiger partial charge in [0.15, 0.2) is 12.2 Å². The van der Waals surface area contributed by atoms with Gasteiger partial charge in [-0.2, -0.15) is 0 Å². The van der Waals surface area contributed by atoms with Crippen molar-refractivity contribution in [1.82, 2.24) is 0 Å². The van der Waals surface area contributed by atoms with Crippen molar-refractivity contribution in [3.63, 3.8) is 0 Å². The molecule has 5 atom stereocenters. The molecule has 17 nitrogen and oxygen atoms in total. The molecule has 19 heteroatoms. The van der Waals surface area contributed by atoms with Crippen molar-refractivity contribution in [2.75, 3.05) is 39.6 Å². The fourth-order valence-corrected chi connectivity index (χ4v) is 11.9. The Bertz CT molecular complexity index is 1690. The van der Waals surface area contributed by atoms with Crippen molar-refractivity contribution in [1.29, 1.82) is 0 Å². The van der Waals surface area contributed by atoms with E-state index >= 15 is 0 Å². The van der Waals surface area contributed by atoms with Crippen LogP contribution in [-0.2, 0) is 65.4 Å². The van der Waals surface area contributed by atoms with Gasteiger partial charge in [0.1, 0.15) is 19.3 Å². The molecule has 0 amide bonds. The van der Waals surface area contributed by atoms with Crippen LogP contribution in [0.15, 0.2) is 0 Å². The first-order valence-corrected chi connectivity index (χ1v) is 38.6. The van der Waals surface area contributed by atoms with Crippen LogP contribution >= 0.6 is 15.6 Å². The summed E-state index contributed by atoms with van der Waals surface area (Å²) >= 11 is 0. The monoisotopic (exact) mass is 1280 g/mol. The van der Waals surface area contributed by atoms with E-state index in [0.29, 0.717) is 31.6 Å². The molecule has 0 aliphatic rings. The molecule has 0 heterocycles. The first-order chi connectivity index (χ1) is 42.0. The molecular formula is C68H132O17P2. The average molecular weight is 1280 g/mol. The Balaban J connectivity index is 5.23. The number of carbonyl (C=O) groups excluding carboxylic acids is 4. The Labute approximate surface area is 530 Å². The summed E-state index contributed by atoms with van der Waals surface area (Å²) in [5.41, 5.74) is 0. The van der Waals surface area contributed by atoms with Gasteiger partial charge >= 0.3 is 39.5 Å². The van der Waals surface area contributed by atoms with Crippen LogP contribution in [0.4, 0.5) is 0 Å². The van der Waals surface area contributed by atoms with E-state index in [-0.39, 0.29) is 25.7 Å². The second kappa shape index (κ2) is 61.6. The number of phosphoric acid groups is 2. The number of hydrogen-bond donors (Lipinski definition) is 3. The van der Waals surface area contributed by atoms with Crippen LogP contribution in [0.25, 0.3) is 0 Å². The Kier molecular flexibility index (Phi) is 60.2. The van der Waals surface area contributed by atoms with Crippen LogP contribution in [0.3, 0.4) is 0 Å². The van der Waals surface area contributed by atoms with Gasteiger partial charge in [-0.1, -0.05) is 298 Å². The predicted molar refractivity (Wildman–Crippen MR) is 349 cm³/mol. The van der Waals surface area contributed by atoms with Crippen LogP contribution in [0.5, 0.6) is 0 Å². The van der Waals surface area contributed by atoms with E-state index in [0.717, 1.165) is 89.9 Å². The molecule has 0 rings (SSSR count). The molecule has 0 radical (unpaired) electrons. The van der Waals surface area contributed by atoms with Gasteiger partial charge in [-0.3, -0.25) is 37.3 Å². The molecule has 3 N–H and O–H groups in total. The van der Waals surface area contributed by atoms with Crippen LogP contribution in [0.2, 0.25) is 0 Å². The van der Waals surface area contributed by atoms with Gasteiger partial charge in [0.25, 0.3) is 0 Å². The molecule has 0 saturated carbocycles. The van der Waals surface area contributed by atoms with E-state index in [2.05, 4.69) is 34.6 Å². The number of ether oxygens (including phenoxy) is 4. The zero-order valence-electron chi connectivity index (χ0n) is 56.2. The van der Waals surface area contributed by atoms with E-state index < -0.39 is 97.5 Å². The van der Waals surface area contributed by atoms with E-state index in [1.807, 2.05) is 0 Å². The van der Waals surface area contributed by atoms with Crippen molar-refractivity contribution in [2.24, 2.45) is 5.92 Å². The summed E-state index contributed by atoms with van der Waals surface area (Å²) < 4.78 is 68.2. The molecule has 0 aliphatic carbocycles. The molecule has 0 aromatic rings. The number of unbranched alkanes of at least 4 members (excludes halogenated alkanes) is 40. The lowest BCUT2D eigenvalue weighted by molar-refractivity contribution is -0.161. The van der Waals surface area contributed by atoms with E-state index in [1.165, 1.54) is 173 Å². The van der Waals surface area contributed by atoms with Crippen LogP contribution < -0.4 is 0 Å². The summed E-state index contributed by atoms with van der Waals surface area (Å²) in [6.45, 7) is 7.16. The number of phosphoric ester groups is 2. The third-order valence-corrected chi connectivity index (χ3v) is 17.7. The Morgan fingerprint density at radius 3 is 0.782 bits per heavy atom. The molecular weight excluding hydrogens is 1150 g/mol. The van der Waals surface area contributed by atoms with Crippen molar-refractivity contribution in [3.05, 3.63) is 0 Å². The Hall–Kier alpha value is -1.94. The van der Waals surface area contributed by atoms with Gasteiger partial charge in [-0.15, -0.1) is 0 Å². The predicted octanol–water partition coefficient (Wildman–Crippen LogP) is 19.4. The van der Waals surface area contributed by atoms with Crippen molar-refractivity contribution >= 4 is 39.5 Å². The fourth-order valence-electron chi connectivity index (χ4n) is 10.3. The molecule has 2 unspecified atom stereocenters. The maximum atomic E-state index is 13.0. The molecule has 0 saturated heterocycles. The third kappa shape index (κ3) is 62.6. The van der Waals surface area contributed by atoms with Gasteiger partial charge in [0.2, 0.25) is 0 Å². The molecule has 0 aromatic heterocycles. The summed E-state index contributed by atoms with van der Waals surface area (Å²) in [6, 6.07) is 0. The van der Waals surface area contributed by atoms with Crippen molar-refractivity contribution in [3.8, 4) is 0 Å². The maximum absolute atomic E-state index is 13.0. The molecule has 87 heavy (non-hydrogen) atoms. The summed E-state index contributed by atoms with van der Waals surface area (Å²) in [5, 5.41) is 10.6. The number of esters is 4. The van der Waals surface area contributed by atoms with Gasteiger partial charge in [0, 0.05) is 25.7 Å². The van der Waals surface area contributed by atoms with Gasteiger partial charge in [-0.25, -0.2) is 9.13 Å². The van der Waals surface area contributed by atoms with Gasteiger partial charge in [0.05, 0.1) is 26.4 Å². The SMILES string of the molecule is CCCCCCCCCCCCCCCCCC(=O)O[C@H](COC(=O)CCCCCCCCCCCCCC)COP(=O)(O)OC[C@@H](O)COP(=O)(O)OC[C@@H](COC(=O)CCCCCCCCCCCC)OC(=O)CCCCCCCCCC(C)C. The Morgan fingerprint density at radius 2 is 0.529 bits per heavy atom. The number of rotatable bonds is 68. The molecule has 516 valence electrons. The zero-order chi connectivity index (χ0) is 64.2. The minimum absolute atomic E-state index is 0.104. The van der Waals surface area contributed by atoms with Gasteiger partial charge < -0.3 is 33.8 Å². The highest BCUT2D eigenvalue weighted by molar-refractivity contribution is 7.47. The summed E-state index contributed by atoms with van der Waals surface area (Å²) in [7, 11) is -9.89. The number of aliphatic hydroxyl groups excluding tert-OH is 1. The fraction of sp³-hybridized carbons (Fsp3) is 0.941. The lowest BCUT2D eigenvalue weighted by atomic mass is 10.0. The quantitative estimate of drug-likeness (QED) is 0.0222. The second-order valence-electron chi connectivity index (χ2n) is 25.0.